The summed E-state index contributed by atoms with van der Waals surface area (Å²) in [5, 5.41) is 14.8. The van der Waals surface area contributed by atoms with Crippen LogP contribution in [0.3, 0.4) is 0 Å². The molecule has 0 atom stereocenters. The fourth-order valence-corrected chi connectivity index (χ4v) is 2.51. The number of oxime groups is 1. The van der Waals surface area contributed by atoms with Crippen molar-refractivity contribution in [1.29, 1.82) is 0 Å². The Balaban J connectivity index is 1.81. The van der Waals surface area contributed by atoms with Crippen LogP contribution in [0.5, 0.6) is 0 Å². The zero-order valence-corrected chi connectivity index (χ0v) is 13.3. The molecule has 0 saturated heterocycles. The monoisotopic (exact) mass is 319 g/mol. The van der Waals surface area contributed by atoms with Gasteiger partial charge in [0, 0.05) is 0 Å². The number of carboxylic acids is 1. The maximum absolute atomic E-state index is 10.4. The van der Waals surface area contributed by atoms with Crippen molar-refractivity contribution >= 4 is 22.5 Å². The maximum Gasteiger partial charge on any atom is 0.344 e. The van der Waals surface area contributed by atoms with E-state index in [1.807, 2.05) is 36.4 Å². The quantitative estimate of drug-likeness (QED) is 0.562. The van der Waals surface area contributed by atoms with Gasteiger partial charge < -0.3 is 9.94 Å². The first kappa shape index (κ1) is 15.7. The van der Waals surface area contributed by atoms with Crippen molar-refractivity contribution in [2.75, 3.05) is 6.61 Å². The van der Waals surface area contributed by atoms with Crippen LogP contribution in [0.2, 0.25) is 0 Å². The number of rotatable bonds is 5. The number of carbonyl (C=O) groups is 1. The van der Waals surface area contributed by atoms with Gasteiger partial charge in [0.15, 0.2) is 0 Å². The molecule has 4 heteroatoms. The highest BCUT2D eigenvalue weighted by Crippen LogP contribution is 2.24. The van der Waals surface area contributed by atoms with Gasteiger partial charge in [0.25, 0.3) is 0 Å². The molecular formula is C20H17NO3. The number of nitrogens with zero attached hydrogens (tertiary/aromatic N) is 1. The second-order valence-corrected chi connectivity index (χ2v) is 5.48. The molecule has 1 N–H and O–H groups in total. The second kappa shape index (κ2) is 6.96. The van der Waals surface area contributed by atoms with Crippen LogP contribution in [0.15, 0.2) is 71.9 Å². The van der Waals surface area contributed by atoms with Gasteiger partial charge >= 0.3 is 5.97 Å². The van der Waals surface area contributed by atoms with Gasteiger partial charge in [-0.15, -0.1) is 0 Å². The zero-order valence-electron chi connectivity index (χ0n) is 13.3. The number of hydrogen-bond acceptors (Lipinski definition) is 3. The Morgan fingerprint density at radius 2 is 1.62 bits per heavy atom. The number of benzene rings is 3. The number of hydrogen-bond donors (Lipinski definition) is 1. The lowest BCUT2D eigenvalue weighted by atomic mass is 9.99. The molecule has 0 aromatic heterocycles. The Morgan fingerprint density at radius 1 is 0.958 bits per heavy atom. The smallest absolute Gasteiger partial charge is 0.344 e. The first-order valence-electron chi connectivity index (χ1n) is 7.61. The number of fused-ring (bicyclic) bond motifs is 1. The highest BCUT2D eigenvalue weighted by Gasteiger charge is 2.03. The van der Waals surface area contributed by atoms with E-state index in [4.69, 9.17) is 9.94 Å². The lowest BCUT2D eigenvalue weighted by molar-refractivity contribution is -0.142. The van der Waals surface area contributed by atoms with Gasteiger partial charge in [0.05, 0.1) is 5.71 Å². The third kappa shape index (κ3) is 3.60. The van der Waals surface area contributed by atoms with Gasteiger partial charge in [-0.05, 0) is 40.5 Å². The number of aliphatic carboxylic acids is 1. The average molecular weight is 319 g/mol. The predicted octanol–water partition coefficient (Wildman–Crippen LogP) is 4.33. The molecule has 3 rings (SSSR count). The van der Waals surface area contributed by atoms with Gasteiger partial charge in [0.2, 0.25) is 6.61 Å². The molecule has 0 heterocycles. The molecule has 0 bridgehead atoms. The summed E-state index contributed by atoms with van der Waals surface area (Å²) in [7, 11) is 0. The molecule has 0 spiro atoms. The topological polar surface area (TPSA) is 58.9 Å². The fraction of sp³-hybridized carbons (Fsp3) is 0.100. The Bertz CT molecular complexity index is 898. The van der Waals surface area contributed by atoms with Gasteiger partial charge in [-0.3, -0.25) is 0 Å². The molecule has 4 nitrogen and oxygen atoms in total. The van der Waals surface area contributed by atoms with E-state index in [0.29, 0.717) is 5.71 Å². The van der Waals surface area contributed by atoms with Crippen LogP contribution < -0.4 is 0 Å². The molecule has 0 aliphatic heterocycles. The molecule has 3 aromatic carbocycles. The van der Waals surface area contributed by atoms with Crippen molar-refractivity contribution in [3.8, 4) is 11.1 Å². The average Bonchev–Trinajstić information content (AvgIpc) is 2.61. The van der Waals surface area contributed by atoms with E-state index in [-0.39, 0.29) is 0 Å². The summed E-state index contributed by atoms with van der Waals surface area (Å²) in [6.45, 7) is 1.35. The second-order valence-electron chi connectivity index (χ2n) is 5.48. The molecule has 0 fully saturated rings. The van der Waals surface area contributed by atoms with Crippen molar-refractivity contribution in [2.45, 2.75) is 6.92 Å². The lowest BCUT2D eigenvalue weighted by Gasteiger charge is -2.06. The highest BCUT2D eigenvalue weighted by molar-refractivity contribution is 5.98. The summed E-state index contributed by atoms with van der Waals surface area (Å²) in [4.78, 5) is 15.2. The molecule has 3 aromatic rings. The maximum atomic E-state index is 10.4. The van der Waals surface area contributed by atoms with Crippen LogP contribution >= 0.6 is 0 Å². The summed E-state index contributed by atoms with van der Waals surface area (Å²) in [5.41, 5.74) is 3.80. The van der Waals surface area contributed by atoms with E-state index in [2.05, 4.69) is 35.5 Å². The Labute approximate surface area is 140 Å². The van der Waals surface area contributed by atoms with Crippen LogP contribution in [0.1, 0.15) is 12.5 Å². The van der Waals surface area contributed by atoms with E-state index in [9.17, 15) is 4.79 Å². The molecule has 0 saturated carbocycles. The molecule has 24 heavy (non-hydrogen) atoms. The first-order valence-corrected chi connectivity index (χ1v) is 7.61. The third-order valence-electron chi connectivity index (χ3n) is 3.77. The van der Waals surface area contributed by atoms with Crippen molar-refractivity contribution in [3.63, 3.8) is 0 Å². The minimum Gasteiger partial charge on any atom is -0.479 e. The molecule has 120 valence electrons. The predicted molar refractivity (Wildman–Crippen MR) is 95.2 cm³/mol. The van der Waals surface area contributed by atoms with Crippen LogP contribution in [-0.2, 0) is 9.63 Å². The van der Waals surface area contributed by atoms with Crippen molar-refractivity contribution in [3.05, 3.63) is 72.3 Å². The van der Waals surface area contributed by atoms with E-state index < -0.39 is 12.6 Å². The van der Waals surface area contributed by atoms with Crippen LogP contribution in [-0.4, -0.2) is 23.4 Å². The zero-order chi connectivity index (χ0) is 16.9. The standard InChI is InChI=1S/C20H17NO3/c1-14(21-24-13-20(22)23)15-6-8-17(9-7-15)19-11-10-16-4-2-3-5-18(16)12-19/h2-12H,13H2,1H3,(H,22,23). The minimum atomic E-state index is -1.04. The Kier molecular flexibility index (Phi) is 4.57. The summed E-state index contributed by atoms with van der Waals surface area (Å²) in [5.74, 6) is -1.04. The van der Waals surface area contributed by atoms with Crippen molar-refractivity contribution < 1.29 is 14.7 Å². The van der Waals surface area contributed by atoms with Crippen LogP contribution in [0.4, 0.5) is 0 Å². The van der Waals surface area contributed by atoms with Gasteiger partial charge in [-0.25, -0.2) is 4.79 Å². The van der Waals surface area contributed by atoms with Gasteiger partial charge in [-0.2, -0.15) is 0 Å². The van der Waals surface area contributed by atoms with Crippen LogP contribution in [0, 0.1) is 0 Å². The molecule has 0 radical (unpaired) electrons. The molecule has 0 amide bonds. The highest BCUT2D eigenvalue weighted by atomic mass is 16.6. The third-order valence-corrected chi connectivity index (χ3v) is 3.77. The fourth-order valence-electron chi connectivity index (χ4n) is 2.51. The minimum absolute atomic E-state index is 0.438. The summed E-state index contributed by atoms with van der Waals surface area (Å²) in [6, 6.07) is 22.6. The van der Waals surface area contributed by atoms with E-state index in [1.54, 1.807) is 6.92 Å². The van der Waals surface area contributed by atoms with E-state index in [0.717, 1.165) is 16.7 Å². The summed E-state index contributed by atoms with van der Waals surface area (Å²) >= 11 is 0. The molecular weight excluding hydrogens is 302 g/mol. The number of carboxylic acid groups (broad SMARTS) is 1. The first-order chi connectivity index (χ1) is 11.6. The Hall–Kier alpha value is -3.14. The molecule has 0 aliphatic carbocycles. The summed E-state index contributed by atoms with van der Waals surface area (Å²) < 4.78 is 0. The normalized spacial score (nSPS) is 11.5. The lowest BCUT2D eigenvalue weighted by Crippen LogP contribution is -2.05. The van der Waals surface area contributed by atoms with E-state index >= 15 is 0 Å². The van der Waals surface area contributed by atoms with Crippen molar-refractivity contribution in [2.24, 2.45) is 5.16 Å². The largest absolute Gasteiger partial charge is 0.479 e. The molecule has 0 unspecified atom stereocenters. The summed E-state index contributed by atoms with van der Waals surface area (Å²) in [6.07, 6.45) is 0. The SMILES string of the molecule is CC(=NOCC(=O)O)c1ccc(-c2ccc3ccccc3c2)cc1. The van der Waals surface area contributed by atoms with Crippen molar-refractivity contribution in [1.82, 2.24) is 0 Å². The Morgan fingerprint density at radius 3 is 2.33 bits per heavy atom. The van der Waals surface area contributed by atoms with E-state index in [1.165, 1.54) is 10.8 Å². The van der Waals surface area contributed by atoms with Gasteiger partial charge in [-0.1, -0.05) is 65.8 Å². The molecule has 0 aliphatic rings. The van der Waals surface area contributed by atoms with Crippen LogP contribution in [0.25, 0.3) is 21.9 Å². The van der Waals surface area contributed by atoms with Gasteiger partial charge in [0.1, 0.15) is 0 Å².